The molecule has 0 saturated carbocycles. The molecule has 2 heterocycles. The van der Waals surface area contributed by atoms with E-state index in [4.69, 9.17) is 0 Å². The molecule has 1 fully saturated rings. The molecule has 0 bridgehead atoms. The minimum Gasteiger partial charge on any atom is -0.371 e. The molecular weight excluding hydrogens is 214 g/mol. The van der Waals surface area contributed by atoms with Gasteiger partial charge in [-0.05, 0) is 38.0 Å². The highest BCUT2D eigenvalue weighted by Gasteiger charge is 2.13. The van der Waals surface area contributed by atoms with Crippen LogP contribution in [0.3, 0.4) is 0 Å². The second-order valence-corrected chi connectivity index (χ2v) is 4.55. The van der Waals surface area contributed by atoms with Crippen LogP contribution in [0, 0.1) is 6.92 Å². The fraction of sp³-hybridized carbons (Fsp3) is 0.385. The van der Waals surface area contributed by atoms with Gasteiger partial charge in [-0.25, -0.2) is 4.98 Å². The summed E-state index contributed by atoms with van der Waals surface area (Å²) in [7, 11) is 0. The third kappa shape index (κ3) is 1.79. The minimum absolute atomic E-state index is 0.0551. The van der Waals surface area contributed by atoms with Crippen molar-refractivity contribution in [1.82, 2.24) is 9.97 Å². The maximum absolute atomic E-state index is 11.7. The van der Waals surface area contributed by atoms with Gasteiger partial charge in [-0.2, -0.15) is 0 Å². The van der Waals surface area contributed by atoms with E-state index >= 15 is 0 Å². The Hall–Kier alpha value is -1.84. The topological polar surface area (TPSA) is 49.0 Å². The second-order valence-electron chi connectivity index (χ2n) is 4.55. The molecule has 0 unspecified atom stereocenters. The molecule has 3 rings (SSSR count). The average Bonchev–Trinajstić information content (AvgIpc) is 2.81. The van der Waals surface area contributed by atoms with E-state index in [9.17, 15) is 4.79 Å². The van der Waals surface area contributed by atoms with Crippen LogP contribution in [0.1, 0.15) is 18.7 Å². The number of aryl methyl sites for hydroxylation is 1. The van der Waals surface area contributed by atoms with E-state index < -0.39 is 0 Å². The molecule has 0 atom stereocenters. The van der Waals surface area contributed by atoms with Gasteiger partial charge in [-0.3, -0.25) is 4.79 Å². The molecule has 1 aliphatic heterocycles. The average molecular weight is 229 g/mol. The highest BCUT2D eigenvalue weighted by molar-refractivity contribution is 5.81. The first-order valence-corrected chi connectivity index (χ1v) is 6.00. The molecule has 4 nitrogen and oxygen atoms in total. The summed E-state index contributed by atoms with van der Waals surface area (Å²) in [6, 6.07) is 5.90. The number of nitrogens with one attached hydrogen (secondary N) is 1. The number of hydrogen-bond donors (Lipinski definition) is 1. The Labute approximate surface area is 99.3 Å². The van der Waals surface area contributed by atoms with Crippen LogP contribution in [0.4, 0.5) is 5.69 Å². The lowest BCUT2D eigenvalue weighted by Gasteiger charge is -2.17. The molecule has 0 spiro atoms. The van der Waals surface area contributed by atoms with E-state index in [2.05, 4.69) is 14.9 Å². The number of rotatable bonds is 1. The molecule has 88 valence electrons. The Morgan fingerprint density at radius 2 is 2.06 bits per heavy atom. The van der Waals surface area contributed by atoms with Crippen LogP contribution < -0.4 is 10.5 Å². The number of aromatic nitrogens is 2. The summed E-state index contributed by atoms with van der Waals surface area (Å²) in [5.41, 5.74) is 1.91. The molecule has 0 radical (unpaired) electrons. The van der Waals surface area contributed by atoms with Crippen LogP contribution in [0.15, 0.2) is 23.0 Å². The molecular formula is C13H15N3O. The number of hydrogen-bond acceptors (Lipinski definition) is 3. The van der Waals surface area contributed by atoms with E-state index in [0.717, 1.165) is 18.6 Å². The molecule has 0 aliphatic carbocycles. The lowest BCUT2D eigenvalue weighted by atomic mass is 10.2. The van der Waals surface area contributed by atoms with Crippen molar-refractivity contribution in [2.75, 3.05) is 18.0 Å². The van der Waals surface area contributed by atoms with Gasteiger partial charge >= 0.3 is 0 Å². The van der Waals surface area contributed by atoms with Crippen molar-refractivity contribution in [3.05, 3.63) is 34.4 Å². The van der Waals surface area contributed by atoms with Crippen LogP contribution >= 0.6 is 0 Å². The van der Waals surface area contributed by atoms with Gasteiger partial charge in [0.2, 0.25) is 0 Å². The molecule has 4 heteroatoms. The predicted molar refractivity (Wildman–Crippen MR) is 68.5 cm³/mol. The summed E-state index contributed by atoms with van der Waals surface area (Å²) in [5, 5.41) is 0.665. The molecule has 2 aromatic rings. The summed E-state index contributed by atoms with van der Waals surface area (Å²) >= 11 is 0. The van der Waals surface area contributed by atoms with E-state index in [0.29, 0.717) is 11.2 Å². The van der Waals surface area contributed by atoms with Gasteiger partial charge in [-0.15, -0.1) is 0 Å². The van der Waals surface area contributed by atoms with Crippen LogP contribution in [-0.4, -0.2) is 23.1 Å². The van der Waals surface area contributed by atoms with Gasteiger partial charge in [0, 0.05) is 18.8 Å². The zero-order valence-electron chi connectivity index (χ0n) is 9.86. The van der Waals surface area contributed by atoms with Crippen molar-refractivity contribution in [2.45, 2.75) is 19.8 Å². The van der Waals surface area contributed by atoms with Gasteiger partial charge in [0.25, 0.3) is 5.56 Å². The summed E-state index contributed by atoms with van der Waals surface area (Å²) in [6.45, 7) is 4.02. The highest BCUT2D eigenvalue weighted by Crippen LogP contribution is 2.22. The summed E-state index contributed by atoms with van der Waals surface area (Å²) in [4.78, 5) is 21.2. The standard InChI is InChI=1S/C13H15N3O/c1-9-14-12-8-10(16-6-2-3-7-16)4-5-11(12)13(17)15-9/h4-5,8H,2-3,6-7H2,1H3,(H,14,15,17). The smallest absolute Gasteiger partial charge is 0.258 e. The van der Waals surface area contributed by atoms with E-state index in [1.165, 1.54) is 18.5 Å². The molecule has 0 amide bonds. The van der Waals surface area contributed by atoms with Crippen LogP contribution in [0.2, 0.25) is 0 Å². The zero-order chi connectivity index (χ0) is 11.8. The van der Waals surface area contributed by atoms with Crippen molar-refractivity contribution >= 4 is 16.6 Å². The van der Waals surface area contributed by atoms with Gasteiger partial charge in [0.1, 0.15) is 5.82 Å². The monoisotopic (exact) mass is 229 g/mol. The largest absolute Gasteiger partial charge is 0.371 e. The Morgan fingerprint density at radius 3 is 2.82 bits per heavy atom. The van der Waals surface area contributed by atoms with Gasteiger partial charge in [0.05, 0.1) is 10.9 Å². The number of nitrogens with zero attached hydrogens (tertiary/aromatic N) is 2. The Morgan fingerprint density at radius 1 is 1.29 bits per heavy atom. The molecule has 1 aromatic carbocycles. The van der Waals surface area contributed by atoms with E-state index in [1.54, 1.807) is 0 Å². The molecule has 1 aliphatic rings. The Kier molecular flexibility index (Phi) is 2.35. The van der Waals surface area contributed by atoms with Crippen molar-refractivity contribution < 1.29 is 0 Å². The minimum atomic E-state index is -0.0551. The number of anilines is 1. The van der Waals surface area contributed by atoms with Crippen molar-refractivity contribution in [1.29, 1.82) is 0 Å². The maximum Gasteiger partial charge on any atom is 0.258 e. The van der Waals surface area contributed by atoms with Gasteiger partial charge < -0.3 is 9.88 Å². The Balaban J connectivity index is 2.15. The number of H-pyrrole nitrogens is 1. The predicted octanol–water partition coefficient (Wildman–Crippen LogP) is 1.83. The van der Waals surface area contributed by atoms with Gasteiger partial charge in [-0.1, -0.05) is 0 Å². The van der Waals surface area contributed by atoms with Crippen molar-refractivity contribution in [3.8, 4) is 0 Å². The molecule has 1 aromatic heterocycles. The maximum atomic E-state index is 11.7. The summed E-state index contributed by atoms with van der Waals surface area (Å²) < 4.78 is 0. The Bertz CT molecular complexity index is 612. The fourth-order valence-corrected chi connectivity index (χ4v) is 2.42. The lowest BCUT2D eigenvalue weighted by molar-refractivity contribution is 0.949. The third-order valence-electron chi connectivity index (χ3n) is 3.28. The van der Waals surface area contributed by atoms with Gasteiger partial charge in [0.15, 0.2) is 0 Å². The number of aromatic amines is 1. The summed E-state index contributed by atoms with van der Waals surface area (Å²) in [6.07, 6.45) is 2.50. The zero-order valence-corrected chi connectivity index (χ0v) is 9.86. The van der Waals surface area contributed by atoms with Crippen LogP contribution in [0.25, 0.3) is 10.9 Å². The van der Waals surface area contributed by atoms with Crippen LogP contribution in [-0.2, 0) is 0 Å². The second kappa shape index (κ2) is 3.87. The van der Waals surface area contributed by atoms with Crippen LogP contribution in [0.5, 0.6) is 0 Å². The third-order valence-corrected chi connectivity index (χ3v) is 3.28. The molecule has 1 N–H and O–H groups in total. The first-order valence-electron chi connectivity index (χ1n) is 6.00. The lowest BCUT2D eigenvalue weighted by Crippen LogP contribution is -2.18. The van der Waals surface area contributed by atoms with E-state index in [1.807, 2.05) is 25.1 Å². The van der Waals surface area contributed by atoms with E-state index in [-0.39, 0.29) is 5.56 Å². The van der Waals surface area contributed by atoms with Crippen molar-refractivity contribution in [3.63, 3.8) is 0 Å². The molecule has 17 heavy (non-hydrogen) atoms. The highest BCUT2D eigenvalue weighted by atomic mass is 16.1. The normalized spacial score (nSPS) is 15.7. The first kappa shape index (κ1) is 10.3. The number of benzene rings is 1. The fourth-order valence-electron chi connectivity index (χ4n) is 2.42. The molecule has 1 saturated heterocycles. The SMILES string of the molecule is Cc1nc2cc(N3CCCC3)ccc2c(=O)[nH]1. The summed E-state index contributed by atoms with van der Waals surface area (Å²) in [5.74, 6) is 0.668. The quantitative estimate of drug-likeness (QED) is 0.811. The first-order chi connectivity index (χ1) is 8.24. The number of fused-ring (bicyclic) bond motifs is 1. The van der Waals surface area contributed by atoms with Crippen molar-refractivity contribution in [2.24, 2.45) is 0 Å².